The van der Waals surface area contributed by atoms with Gasteiger partial charge in [0, 0.05) is 30.0 Å². The van der Waals surface area contributed by atoms with Crippen molar-refractivity contribution in [3.8, 4) is 11.5 Å². The summed E-state index contributed by atoms with van der Waals surface area (Å²) in [6.07, 6.45) is 0. The van der Waals surface area contributed by atoms with Crippen molar-refractivity contribution in [1.29, 1.82) is 0 Å². The van der Waals surface area contributed by atoms with Gasteiger partial charge in [-0.2, -0.15) is 0 Å². The molecule has 0 spiro atoms. The van der Waals surface area contributed by atoms with E-state index in [1.165, 1.54) is 0 Å². The molecule has 1 aromatic heterocycles. The Bertz CT molecular complexity index is 581. The first-order valence-corrected chi connectivity index (χ1v) is 5.97. The van der Waals surface area contributed by atoms with Gasteiger partial charge in [-0.1, -0.05) is 0 Å². The van der Waals surface area contributed by atoms with Gasteiger partial charge in [-0.25, -0.2) is 15.8 Å². The van der Waals surface area contributed by atoms with Crippen LogP contribution in [0.1, 0.15) is 5.82 Å². The molecule has 7 nitrogen and oxygen atoms in total. The largest absolute Gasteiger partial charge is 0.497 e. The number of nitrogen functional groups attached to an aromatic ring is 1. The maximum atomic E-state index is 5.36. The van der Waals surface area contributed by atoms with E-state index in [1.54, 1.807) is 33.3 Å². The Morgan fingerprint density at radius 2 is 1.55 bits per heavy atom. The molecule has 0 saturated heterocycles. The van der Waals surface area contributed by atoms with Crippen molar-refractivity contribution >= 4 is 17.3 Å². The lowest BCUT2D eigenvalue weighted by Crippen LogP contribution is -2.10. The second kappa shape index (κ2) is 6.07. The highest BCUT2D eigenvalue weighted by Crippen LogP contribution is 2.27. The van der Waals surface area contributed by atoms with Crippen molar-refractivity contribution in [3.05, 3.63) is 30.1 Å². The van der Waals surface area contributed by atoms with E-state index in [1.807, 2.05) is 12.1 Å². The van der Waals surface area contributed by atoms with E-state index in [0.29, 0.717) is 29.0 Å². The number of aromatic nitrogens is 2. The predicted octanol–water partition coefficient (Wildman–Crippen LogP) is 1.83. The van der Waals surface area contributed by atoms with E-state index >= 15 is 0 Å². The first-order chi connectivity index (χ1) is 9.64. The van der Waals surface area contributed by atoms with Crippen LogP contribution in [0.2, 0.25) is 0 Å². The van der Waals surface area contributed by atoms with Crippen LogP contribution in [0, 0.1) is 6.92 Å². The summed E-state index contributed by atoms with van der Waals surface area (Å²) in [7, 11) is 3.20. The van der Waals surface area contributed by atoms with Gasteiger partial charge in [0.15, 0.2) is 0 Å². The van der Waals surface area contributed by atoms with Gasteiger partial charge in [-0.3, -0.25) is 0 Å². The quantitative estimate of drug-likeness (QED) is 0.566. The number of nitrogens with two attached hydrogens (primary N) is 1. The van der Waals surface area contributed by atoms with Crippen LogP contribution in [-0.4, -0.2) is 24.2 Å². The molecular formula is C13H17N5O2. The van der Waals surface area contributed by atoms with Crippen molar-refractivity contribution in [2.75, 3.05) is 25.0 Å². The standard InChI is InChI=1S/C13H17N5O2/c1-8-15-12(7-13(16-8)18-14)17-9-4-10(19-2)6-11(5-9)20-3/h4-7H,14H2,1-3H3,(H2,15,16,17,18). The minimum atomic E-state index is 0.537. The summed E-state index contributed by atoms with van der Waals surface area (Å²) in [6, 6.07) is 7.19. The smallest absolute Gasteiger partial charge is 0.145 e. The highest BCUT2D eigenvalue weighted by Gasteiger charge is 2.05. The molecule has 0 amide bonds. The lowest BCUT2D eigenvalue weighted by molar-refractivity contribution is 0.395. The van der Waals surface area contributed by atoms with Crippen molar-refractivity contribution < 1.29 is 9.47 Å². The van der Waals surface area contributed by atoms with E-state index in [2.05, 4.69) is 20.7 Å². The molecule has 0 unspecified atom stereocenters. The topological polar surface area (TPSA) is 94.3 Å². The Morgan fingerprint density at radius 1 is 0.950 bits per heavy atom. The average Bonchev–Trinajstić information content (AvgIpc) is 2.46. The molecule has 4 N–H and O–H groups in total. The number of hydrogen-bond donors (Lipinski definition) is 3. The number of rotatable bonds is 5. The molecule has 0 fully saturated rings. The SMILES string of the molecule is COc1cc(Nc2cc(NN)nc(C)n2)cc(OC)c1. The number of nitrogens with one attached hydrogen (secondary N) is 2. The van der Waals surface area contributed by atoms with Gasteiger partial charge in [0.1, 0.15) is 29.0 Å². The summed E-state index contributed by atoms with van der Waals surface area (Å²) in [4.78, 5) is 8.41. The molecular weight excluding hydrogens is 258 g/mol. The summed E-state index contributed by atoms with van der Waals surface area (Å²) >= 11 is 0. The molecule has 0 aliphatic heterocycles. The van der Waals surface area contributed by atoms with Crippen molar-refractivity contribution in [1.82, 2.24) is 9.97 Å². The lowest BCUT2D eigenvalue weighted by atomic mass is 10.2. The van der Waals surface area contributed by atoms with E-state index < -0.39 is 0 Å². The number of hydrogen-bond acceptors (Lipinski definition) is 7. The number of nitrogens with zero attached hydrogens (tertiary/aromatic N) is 2. The fraction of sp³-hybridized carbons (Fsp3) is 0.231. The van der Waals surface area contributed by atoms with Crippen LogP contribution in [0.15, 0.2) is 24.3 Å². The summed E-state index contributed by atoms with van der Waals surface area (Å²) < 4.78 is 10.4. The van der Waals surface area contributed by atoms with E-state index in [9.17, 15) is 0 Å². The van der Waals surface area contributed by atoms with Gasteiger partial charge in [-0.05, 0) is 6.92 Å². The van der Waals surface area contributed by atoms with Gasteiger partial charge in [0.25, 0.3) is 0 Å². The zero-order chi connectivity index (χ0) is 14.5. The number of methoxy groups -OCH3 is 2. The van der Waals surface area contributed by atoms with Crippen LogP contribution in [0.3, 0.4) is 0 Å². The Morgan fingerprint density at radius 3 is 2.10 bits per heavy atom. The van der Waals surface area contributed by atoms with E-state index in [0.717, 1.165) is 5.69 Å². The minimum absolute atomic E-state index is 0.537. The molecule has 0 aliphatic carbocycles. The first-order valence-electron chi connectivity index (χ1n) is 5.97. The molecule has 2 aromatic rings. The van der Waals surface area contributed by atoms with Crippen LogP contribution in [-0.2, 0) is 0 Å². The molecule has 1 heterocycles. The average molecular weight is 275 g/mol. The Balaban J connectivity index is 2.31. The van der Waals surface area contributed by atoms with E-state index in [4.69, 9.17) is 15.3 Å². The van der Waals surface area contributed by atoms with Crippen LogP contribution in [0.25, 0.3) is 0 Å². The van der Waals surface area contributed by atoms with Crippen LogP contribution in [0.4, 0.5) is 17.3 Å². The minimum Gasteiger partial charge on any atom is -0.497 e. The number of ether oxygens (including phenoxy) is 2. The molecule has 106 valence electrons. The second-order valence-electron chi connectivity index (χ2n) is 4.06. The van der Waals surface area contributed by atoms with Crippen molar-refractivity contribution in [2.24, 2.45) is 5.84 Å². The fourth-order valence-corrected chi connectivity index (χ4v) is 1.73. The predicted molar refractivity (Wildman–Crippen MR) is 77.4 cm³/mol. The zero-order valence-electron chi connectivity index (χ0n) is 11.6. The van der Waals surface area contributed by atoms with Crippen LogP contribution in [0.5, 0.6) is 11.5 Å². The number of aryl methyl sites for hydroxylation is 1. The second-order valence-corrected chi connectivity index (χ2v) is 4.06. The third-order valence-corrected chi connectivity index (χ3v) is 2.61. The monoisotopic (exact) mass is 275 g/mol. The third kappa shape index (κ3) is 3.27. The highest BCUT2D eigenvalue weighted by atomic mass is 16.5. The maximum Gasteiger partial charge on any atom is 0.145 e. The molecule has 7 heteroatoms. The van der Waals surface area contributed by atoms with Gasteiger partial charge in [-0.15, -0.1) is 0 Å². The summed E-state index contributed by atoms with van der Waals surface area (Å²) in [5.74, 6) is 8.52. The van der Waals surface area contributed by atoms with Crippen molar-refractivity contribution in [2.45, 2.75) is 6.92 Å². The molecule has 0 bridgehead atoms. The zero-order valence-corrected chi connectivity index (χ0v) is 11.6. The lowest BCUT2D eigenvalue weighted by Gasteiger charge is -2.11. The van der Waals surface area contributed by atoms with Crippen LogP contribution >= 0.6 is 0 Å². The molecule has 0 atom stereocenters. The van der Waals surface area contributed by atoms with Gasteiger partial charge < -0.3 is 20.2 Å². The Hall–Kier alpha value is -2.54. The summed E-state index contributed by atoms with van der Waals surface area (Å²) in [5, 5.41) is 3.16. The molecule has 2 rings (SSSR count). The van der Waals surface area contributed by atoms with Gasteiger partial charge in [0.05, 0.1) is 14.2 Å². The number of benzene rings is 1. The number of anilines is 3. The Labute approximate surface area is 117 Å². The molecule has 1 aromatic carbocycles. The molecule has 0 radical (unpaired) electrons. The highest BCUT2D eigenvalue weighted by molar-refractivity contribution is 5.63. The van der Waals surface area contributed by atoms with Crippen molar-refractivity contribution in [3.63, 3.8) is 0 Å². The normalized spacial score (nSPS) is 10.0. The maximum absolute atomic E-state index is 5.36. The fourth-order valence-electron chi connectivity index (χ4n) is 1.73. The Kier molecular flexibility index (Phi) is 4.21. The van der Waals surface area contributed by atoms with Gasteiger partial charge in [0.2, 0.25) is 0 Å². The van der Waals surface area contributed by atoms with Crippen LogP contribution < -0.4 is 26.1 Å². The summed E-state index contributed by atoms with van der Waals surface area (Å²) in [5.41, 5.74) is 3.29. The van der Waals surface area contributed by atoms with E-state index in [-0.39, 0.29) is 0 Å². The number of hydrazine groups is 1. The molecule has 20 heavy (non-hydrogen) atoms. The summed E-state index contributed by atoms with van der Waals surface area (Å²) in [6.45, 7) is 1.79. The molecule has 0 aliphatic rings. The first kappa shape index (κ1) is 13.9. The van der Waals surface area contributed by atoms with Gasteiger partial charge >= 0.3 is 0 Å². The third-order valence-electron chi connectivity index (χ3n) is 2.61. The molecule has 0 saturated carbocycles.